The fourth-order valence-corrected chi connectivity index (χ4v) is 2.28. The molecule has 0 saturated heterocycles. The molecule has 0 aliphatic rings. The maximum Gasteiger partial charge on any atom is 0.313 e. The maximum absolute atomic E-state index is 11.9. The Kier molecular flexibility index (Phi) is 6.21. The molecule has 98 valence electrons. The Balaban J connectivity index is 2.41. The summed E-state index contributed by atoms with van der Waals surface area (Å²) in [4.78, 5) is 22.1. The molecule has 1 amide bonds. The van der Waals surface area contributed by atoms with Crippen LogP contribution < -0.4 is 5.32 Å². The van der Waals surface area contributed by atoms with E-state index in [9.17, 15) is 9.59 Å². The quantitative estimate of drug-likeness (QED) is 0.785. The lowest BCUT2D eigenvalue weighted by molar-refractivity contribution is -0.133. The number of thioether (sulfide) groups is 1. The molecule has 1 rings (SSSR count). The lowest BCUT2D eigenvalue weighted by Gasteiger charge is -2.08. The third-order valence-electron chi connectivity index (χ3n) is 2.27. The summed E-state index contributed by atoms with van der Waals surface area (Å²) in [5.74, 6) is -0.324. The molecule has 0 spiro atoms. The third kappa shape index (κ3) is 4.70. The lowest BCUT2D eigenvalue weighted by atomic mass is 10.1. The van der Waals surface area contributed by atoms with Gasteiger partial charge in [-0.1, -0.05) is 22.0 Å². The van der Waals surface area contributed by atoms with Gasteiger partial charge in [0.25, 0.3) is 5.91 Å². The van der Waals surface area contributed by atoms with E-state index >= 15 is 0 Å². The smallest absolute Gasteiger partial charge is 0.313 e. The van der Waals surface area contributed by atoms with Crippen LogP contribution in [0.3, 0.4) is 0 Å². The van der Waals surface area contributed by atoms with Gasteiger partial charge < -0.3 is 10.4 Å². The molecular weight excluding hydrogens is 318 g/mol. The van der Waals surface area contributed by atoms with E-state index in [-0.39, 0.29) is 11.7 Å². The number of carbonyl (C=O) groups is 2. The minimum Gasteiger partial charge on any atom is -0.481 e. The van der Waals surface area contributed by atoms with Gasteiger partial charge in [0, 0.05) is 22.3 Å². The summed E-state index contributed by atoms with van der Waals surface area (Å²) >= 11 is 4.66. The van der Waals surface area contributed by atoms with Crippen molar-refractivity contribution in [1.29, 1.82) is 0 Å². The fourth-order valence-electron chi connectivity index (χ4n) is 1.34. The Morgan fingerprint density at radius 2 is 2.17 bits per heavy atom. The van der Waals surface area contributed by atoms with Crippen LogP contribution in [0, 0.1) is 6.92 Å². The highest BCUT2D eigenvalue weighted by Gasteiger charge is 2.09. The molecule has 4 nitrogen and oxygen atoms in total. The molecule has 18 heavy (non-hydrogen) atoms. The molecule has 0 saturated carbocycles. The highest BCUT2D eigenvalue weighted by Crippen LogP contribution is 2.19. The Bertz CT molecular complexity index is 451. The van der Waals surface area contributed by atoms with Crippen molar-refractivity contribution in [2.75, 3.05) is 18.1 Å². The molecule has 0 atom stereocenters. The van der Waals surface area contributed by atoms with Gasteiger partial charge in [-0.3, -0.25) is 9.59 Å². The number of hydrogen-bond donors (Lipinski definition) is 2. The van der Waals surface area contributed by atoms with Gasteiger partial charge in [0.05, 0.1) is 5.75 Å². The number of carboxylic acid groups (broad SMARTS) is 1. The van der Waals surface area contributed by atoms with Crippen molar-refractivity contribution in [3.63, 3.8) is 0 Å². The Morgan fingerprint density at radius 3 is 2.83 bits per heavy atom. The Morgan fingerprint density at radius 1 is 1.44 bits per heavy atom. The molecule has 0 bridgehead atoms. The second-order valence-corrected chi connectivity index (χ2v) is 5.57. The summed E-state index contributed by atoms with van der Waals surface area (Å²) in [7, 11) is 0. The number of carbonyl (C=O) groups excluding carboxylic acids is 1. The number of aliphatic carboxylic acids is 1. The van der Waals surface area contributed by atoms with E-state index < -0.39 is 5.97 Å². The number of benzene rings is 1. The average Bonchev–Trinajstić information content (AvgIpc) is 2.31. The highest BCUT2D eigenvalue weighted by molar-refractivity contribution is 9.10. The number of rotatable bonds is 6. The van der Waals surface area contributed by atoms with Crippen molar-refractivity contribution >= 4 is 39.6 Å². The van der Waals surface area contributed by atoms with Crippen LogP contribution in [0.2, 0.25) is 0 Å². The van der Waals surface area contributed by atoms with Crippen LogP contribution >= 0.6 is 27.7 Å². The van der Waals surface area contributed by atoms with Crippen LogP contribution in [-0.4, -0.2) is 35.0 Å². The summed E-state index contributed by atoms with van der Waals surface area (Å²) in [5, 5.41) is 11.2. The normalized spacial score (nSPS) is 10.1. The van der Waals surface area contributed by atoms with E-state index in [0.29, 0.717) is 17.9 Å². The van der Waals surface area contributed by atoms with Crippen molar-refractivity contribution in [3.8, 4) is 0 Å². The minimum atomic E-state index is -0.839. The summed E-state index contributed by atoms with van der Waals surface area (Å²) < 4.78 is 0.899. The predicted molar refractivity (Wildman–Crippen MR) is 76.2 cm³/mol. The monoisotopic (exact) mass is 331 g/mol. The van der Waals surface area contributed by atoms with Crippen LogP contribution in [0.1, 0.15) is 15.9 Å². The van der Waals surface area contributed by atoms with Gasteiger partial charge >= 0.3 is 5.97 Å². The number of hydrogen-bond acceptors (Lipinski definition) is 3. The largest absolute Gasteiger partial charge is 0.481 e. The first-order valence-electron chi connectivity index (χ1n) is 5.35. The van der Waals surface area contributed by atoms with E-state index in [1.807, 2.05) is 19.1 Å². The van der Waals surface area contributed by atoms with E-state index in [2.05, 4.69) is 21.2 Å². The van der Waals surface area contributed by atoms with Gasteiger partial charge in [-0.15, -0.1) is 11.8 Å². The highest BCUT2D eigenvalue weighted by atomic mass is 79.9. The predicted octanol–water partition coefficient (Wildman–Crippen LogP) is 2.31. The molecule has 0 aromatic heterocycles. The second-order valence-electron chi connectivity index (χ2n) is 3.61. The van der Waals surface area contributed by atoms with Gasteiger partial charge in [0.15, 0.2) is 0 Å². The zero-order valence-corrected chi connectivity index (χ0v) is 12.3. The molecule has 0 unspecified atom stereocenters. The molecule has 0 radical (unpaired) electrons. The molecule has 1 aromatic rings. The Hall–Kier alpha value is -1.01. The van der Waals surface area contributed by atoms with Crippen LogP contribution in [-0.2, 0) is 4.79 Å². The third-order valence-corrected chi connectivity index (χ3v) is 4.07. The van der Waals surface area contributed by atoms with E-state index in [1.54, 1.807) is 6.07 Å². The summed E-state index contributed by atoms with van der Waals surface area (Å²) in [6, 6.07) is 5.46. The van der Waals surface area contributed by atoms with Crippen LogP contribution in [0.15, 0.2) is 22.7 Å². The summed E-state index contributed by atoms with van der Waals surface area (Å²) in [6.45, 7) is 2.33. The standard InChI is InChI=1S/C12H14BrNO3S/c1-8-9(3-2-4-10(8)13)12(17)14-5-6-18-7-11(15)16/h2-4H,5-7H2,1H3,(H,14,17)(H,15,16). The number of amides is 1. The minimum absolute atomic E-state index is 0.0613. The van der Waals surface area contributed by atoms with Gasteiger partial charge in [-0.2, -0.15) is 0 Å². The van der Waals surface area contributed by atoms with E-state index in [0.717, 1.165) is 10.0 Å². The molecule has 0 aliphatic carbocycles. The molecule has 0 fully saturated rings. The number of carboxylic acids is 1. The topological polar surface area (TPSA) is 66.4 Å². The first-order chi connectivity index (χ1) is 8.52. The van der Waals surface area contributed by atoms with Crippen molar-refractivity contribution in [2.45, 2.75) is 6.92 Å². The van der Waals surface area contributed by atoms with Crippen molar-refractivity contribution in [2.24, 2.45) is 0 Å². The van der Waals surface area contributed by atoms with Crippen LogP contribution in [0.25, 0.3) is 0 Å². The van der Waals surface area contributed by atoms with Crippen molar-refractivity contribution in [1.82, 2.24) is 5.32 Å². The van der Waals surface area contributed by atoms with E-state index in [4.69, 9.17) is 5.11 Å². The first-order valence-corrected chi connectivity index (χ1v) is 7.30. The lowest BCUT2D eigenvalue weighted by Crippen LogP contribution is -2.26. The van der Waals surface area contributed by atoms with Crippen molar-refractivity contribution in [3.05, 3.63) is 33.8 Å². The van der Waals surface area contributed by atoms with E-state index in [1.165, 1.54) is 11.8 Å². The van der Waals surface area contributed by atoms with Crippen LogP contribution in [0.5, 0.6) is 0 Å². The molecule has 2 N–H and O–H groups in total. The average molecular weight is 332 g/mol. The van der Waals surface area contributed by atoms with Gasteiger partial charge in [0.1, 0.15) is 0 Å². The van der Waals surface area contributed by atoms with Crippen LogP contribution in [0.4, 0.5) is 0 Å². The summed E-state index contributed by atoms with van der Waals surface area (Å²) in [5.41, 5.74) is 1.53. The fraction of sp³-hybridized carbons (Fsp3) is 0.333. The Labute approximate surface area is 118 Å². The van der Waals surface area contributed by atoms with Crippen molar-refractivity contribution < 1.29 is 14.7 Å². The molecular formula is C12H14BrNO3S. The molecule has 0 aliphatic heterocycles. The maximum atomic E-state index is 11.9. The van der Waals surface area contributed by atoms with Gasteiger partial charge in [-0.25, -0.2) is 0 Å². The SMILES string of the molecule is Cc1c(Br)cccc1C(=O)NCCSCC(=O)O. The number of halogens is 1. The second kappa shape index (κ2) is 7.43. The molecule has 0 heterocycles. The zero-order chi connectivity index (χ0) is 13.5. The molecule has 1 aromatic carbocycles. The zero-order valence-electron chi connectivity index (χ0n) is 9.90. The van der Waals surface area contributed by atoms with Gasteiger partial charge in [0.2, 0.25) is 0 Å². The first kappa shape index (κ1) is 15.0. The summed E-state index contributed by atoms with van der Waals surface area (Å²) in [6.07, 6.45) is 0. The van der Waals surface area contributed by atoms with Gasteiger partial charge in [-0.05, 0) is 24.6 Å². The number of nitrogens with one attached hydrogen (secondary N) is 1. The molecule has 6 heteroatoms.